The highest BCUT2D eigenvalue weighted by Gasteiger charge is 2.23. The molecule has 1 atom stereocenters. The van der Waals surface area contributed by atoms with Crippen LogP contribution in [0.4, 0.5) is 10.1 Å². The molecule has 23 heavy (non-hydrogen) atoms. The van der Waals surface area contributed by atoms with Crippen LogP contribution in [0.5, 0.6) is 0 Å². The van der Waals surface area contributed by atoms with E-state index in [1.54, 1.807) is 19.9 Å². The van der Waals surface area contributed by atoms with E-state index in [0.717, 1.165) is 6.42 Å². The first-order valence-electron chi connectivity index (χ1n) is 7.68. The molecule has 6 heteroatoms. The number of hydrogen-bond donors (Lipinski definition) is 3. The Hall–Kier alpha value is -1.95. The maximum Gasteiger partial charge on any atom is 0.313 e. The van der Waals surface area contributed by atoms with Crippen molar-refractivity contribution in [2.75, 3.05) is 11.9 Å². The van der Waals surface area contributed by atoms with Crippen LogP contribution in [0.15, 0.2) is 18.2 Å². The van der Waals surface area contributed by atoms with Crippen LogP contribution in [0.3, 0.4) is 0 Å². The summed E-state index contributed by atoms with van der Waals surface area (Å²) >= 11 is 0. The van der Waals surface area contributed by atoms with Crippen molar-refractivity contribution >= 4 is 17.5 Å². The summed E-state index contributed by atoms with van der Waals surface area (Å²) in [6.07, 6.45) is 1.32. The number of aliphatic hydroxyl groups is 1. The Balaban J connectivity index is 2.52. The van der Waals surface area contributed by atoms with Crippen molar-refractivity contribution in [3.63, 3.8) is 0 Å². The Labute approximate surface area is 136 Å². The number of aryl methyl sites for hydroxylation is 1. The van der Waals surface area contributed by atoms with Gasteiger partial charge in [0.05, 0.1) is 11.3 Å². The first-order valence-corrected chi connectivity index (χ1v) is 7.68. The van der Waals surface area contributed by atoms with Gasteiger partial charge in [0.2, 0.25) is 0 Å². The van der Waals surface area contributed by atoms with Gasteiger partial charge in [-0.2, -0.15) is 0 Å². The third-order valence-corrected chi connectivity index (χ3v) is 3.47. The lowest BCUT2D eigenvalue weighted by atomic mass is 9.95. The largest absolute Gasteiger partial charge is 0.388 e. The fourth-order valence-electron chi connectivity index (χ4n) is 1.94. The lowest BCUT2D eigenvalue weighted by Crippen LogP contribution is -2.44. The zero-order valence-electron chi connectivity index (χ0n) is 14.1. The summed E-state index contributed by atoms with van der Waals surface area (Å²) in [5.41, 5.74) is -0.427. The molecule has 3 N–H and O–H groups in total. The topological polar surface area (TPSA) is 78.4 Å². The molecule has 0 aliphatic carbocycles. The third kappa shape index (κ3) is 6.78. The Morgan fingerprint density at radius 1 is 1.30 bits per heavy atom. The Kier molecular flexibility index (Phi) is 6.69. The average molecular weight is 324 g/mol. The van der Waals surface area contributed by atoms with Gasteiger partial charge in [0.1, 0.15) is 5.82 Å². The highest BCUT2D eigenvalue weighted by molar-refractivity contribution is 6.39. The van der Waals surface area contributed by atoms with Crippen molar-refractivity contribution < 1.29 is 19.1 Å². The molecule has 0 heterocycles. The quantitative estimate of drug-likeness (QED) is 0.703. The van der Waals surface area contributed by atoms with E-state index in [-0.39, 0.29) is 12.2 Å². The average Bonchev–Trinajstić information content (AvgIpc) is 2.45. The Bertz CT molecular complexity index is 571. The first-order chi connectivity index (χ1) is 10.6. The molecule has 0 aliphatic heterocycles. The summed E-state index contributed by atoms with van der Waals surface area (Å²) in [5, 5.41) is 14.7. The third-order valence-electron chi connectivity index (χ3n) is 3.47. The van der Waals surface area contributed by atoms with Crippen molar-refractivity contribution in [2.24, 2.45) is 5.92 Å². The number of amides is 2. The van der Waals surface area contributed by atoms with E-state index in [1.165, 1.54) is 12.1 Å². The van der Waals surface area contributed by atoms with Gasteiger partial charge in [-0.15, -0.1) is 0 Å². The lowest BCUT2D eigenvalue weighted by molar-refractivity contribution is -0.136. The normalized spacial score (nSPS) is 13.5. The molecule has 128 valence electrons. The minimum absolute atomic E-state index is 0.0393. The second kappa shape index (κ2) is 8.06. The van der Waals surface area contributed by atoms with E-state index >= 15 is 0 Å². The highest BCUT2D eigenvalue weighted by atomic mass is 19.1. The van der Waals surface area contributed by atoms with E-state index in [1.807, 2.05) is 13.8 Å². The smallest absolute Gasteiger partial charge is 0.313 e. The lowest BCUT2D eigenvalue weighted by Gasteiger charge is -2.24. The van der Waals surface area contributed by atoms with E-state index in [0.29, 0.717) is 17.9 Å². The second-order valence-corrected chi connectivity index (χ2v) is 6.55. The van der Waals surface area contributed by atoms with E-state index in [2.05, 4.69) is 10.6 Å². The molecule has 0 saturated heterocycles. The molecular weight excluding hydrogens is 299 g/mol. The summed E-state index contributed by atoms with van der Waals surface area (Å²) in [6, 6.07) is 4.30. The molecule has 1 aromatic carbocycles. The summed E-state index contributed by atoms with van der Waals surface area (Å²) in [4.78, 5) is 23.5. The molecule has 0 fully saturated rings. The number of carbonyl (C=O) groups is 2. The molecule has 0 radical (unpaired) electrons. The fourth-order valence-corrected chi connectivity index (χ4v) is 1.94. The van der Waals surface area contributed by atoms with Crippen LogP contribution in [0.25, 0.3) is 0 Å². The molecule has 5 nitrogen and oxygen atoms in total. The zero-order valence-corrected chi connectivity index (χ0v) is 14.1. The SMILES string of the molecule is Cc1ccc(NC(=O)C(=O)NC[C@](C)(O)CCC(C)C)c(F)c1. The van der Waals surface area contributed by atoms with Crippen LogP contribution in [-0.2, 0) is 9.59 Å². The van der Waals surface area contributed by atoms with Crippen LogP contribution in [-0.4, -0.2) is 29.1 Å². The van der Waals surface area contributed by atoms with E-state index < -0.39 is 23.2 Å². The summed E-state index contributed by atoms with van der Waals surface area (Å²) < 4.78 is 13.6. The van der Waals surface area contributed by atoms with Crippen LogP contribution in [0.2, 0.25) is 0 Å². The van der Waals surface area contributed by atoms with Gasteiger partial charge in [0, 0.05) is 6.54 Å². The maximum absolute atomic E-state index is 13.6. The molecule has 0 saturated carbocycles. The standard InChI is InChI=1S/C17H25FN2O3/c1-11(2)7-8-17(4,23)10-19-15(21)16(22)20-14-6-5-12(3)9-13(14)18/h5-6,9,11,23H,7-8,10H2,1-4H3,(H,19,21)(H,20,22)/t17-/m1/s1. The number of nitrogens with one attached hydrogen (secondary N) is 2. The van der Waals surface area contributed by atoms with Crippen molar-refractivity contribution in [2.45, 2.75) is 46.1 Å². The minimum atomic E-state index is -1.09. The van der Waals surface area contributed by atoms with Crippen molar-refractivity contribution in [3.8, 4) is 0 Å². The van der Waals surface area contributed by atoms with Crippen LogP contribution in [0, 0.1) is 18.7 Å². The van der Waals surface area contributed by atoms with Gasteiger partial charge < -0.3 is 15.7 Å². The molecule has 0 bridgehead atoms. The minimum Gasteiger partial charge on any atom is -0.388 e. The first kappa shape index (κ1) is 19.1. The number of anilines is 1. The summed E-state index contributed by atoms with van der Waals surface area (Å²) in [5.74, 6) is -2.04. The molecule has 0 aromatic heterocycles. The van der Waals surface area contributed by atoms with Gasteiger partial charge in [-0.1, -0.05) is 19.9 Å². The van der Waals surface area contributed by atoms with Crippen LogP contribution < -0.4 is 10.6 Å². The van der Waals surface area contributed by atoms with Crippen molar-refractivity contribution in [1.29, 1.82) is 0 Å². The number of hydrogen-bond acceptors (Lipinski definition) is 3. The molecule has 0 unspecified atom stereocenters. The highest BCUT2D eigenvalue weighted by Crippen LogP contribution is 2.16. The van der Waals surface area contributed by atoms with Crippen molar-refractivity contribution in [3.05, 3.63) is 29.6 Å². The van der Waals surface area contributed by atoms with E-state index in [9.17, 15) is 19.1 Å². The predicted molar refractivity (Wildman–Crippen MR) is 87.5 cm³/mol. The van der Waals surface area contributed by atoms with Crippen molar-refractivity contribution in [1.82, 2.24) is 5.32 Å². The fraction of sp³-hybridized carbons (Fsp3) is 0.529. The van der Waals surface area contributed by atoms with Gasteiger partial charge in [-0.25, -0.2) is 4.39 Å². The molecule has 2 amide bonds. The molecular formula is C17H25FN2O3. The van der Waals surface area contributed by atoms with E-state index in [4.69, 9.17) is 0 Å². The van der Waals surface area contributed by atoms with Gasteiger partial charge in [0.25, 0.3) is 0 Å². The van der Waals surface area contributed by atoms with Gasteiger partial charge in [0.15, 0.2) is 0 Å². The molecule has 1 rings (SSSR count). The molecule has 0 aliphatic rings. The maximum atomic E-state index is 13.6. The van der Waals surface area contributed by atoms with Crippen LogP contribution >= 0.6 is 0 Å². The molecule has 1 aromatic rings. The number of carbonyl (C=O) groups excluding carboxylic acids is 2. The predicted octanol–water partition coefficient (Wildman–Crippen LogP) is 2.38. The Morgan fingerprint density at radius 3 is 2.52 bits per heavy atom. The zero-order chi connectivity index (χ0) is 17.6. The second-order valence-electron chi connectivity index (χ2n) is 6.55. The summed E-state index contributed by atoms with van der Waals surface area (Å²) in [7, 11) is 0. The number of benzene rings is 1. The molecule has 0 spiro atoms. The van der Waals surface area contributed by atoms with Crippen LogP contribution in [0.1, 0.15) is 39.2 Å². The van der Waals surface area contributed by atoms with Gasteiger partial charge in [-0.05, 0) is 50.3 Å². The van der Waals surface area contributed by atoms with Gasteiger partial charge >= 0.3 is 11.8 Å². The number of rotatable bonds is 6. The Morgan fingerprint density at radius 2 is 1.96 bits per heavy atom. The number of halogens is 1. The summed E-state index contributed by atoms with van der Waals surface area (Å²) in [6.45, 7) is 7.37. The monoisotopic (exact) mass is 324 g/mol. The van der Waals surface area contributed by atoms with Gasteiger partial charge in [-0.3, -0.25) is 9.59 Å².